The first-order valence-corrected chi connectivity index (χ1v) is 6.35. The molecule has 1 aliphatic carbocycles. The molecule has 0 aromatic heterocycles. The molecule has 1 aliphatic heterocycles. The van der Waals surface area contributed by atoms with Crippen molar-refractivity contribution >= 4 is 6.09 Å². The highest BCUT2D eigenvalue weighted by Gasteiger charge is 2.53. The summed E-state index contributed by atoms with van der Waals surface area (Å²) >= 11 is 0. The van der Waals surface area contributed by atoms with E-state index in [1.807, 2.05) is 27.8 Å². The van der Waals surface area contributed by atoms with E-state index >= 15 is 0 Å². The number of nitrogens with zero attached hydrogens (tertiary/aromatic N) is 2. The SMILES string of the molecule is CN1CC2(CC(N(C)C(=O)OC(C)(C)C)C2)C1. The fourth-order valence-electron chi connectivity index (χ4n) is 3.05. The summed E-state index contributed by atoms with van der Waals surface area (Å²) in [6.07, 6.45) is 2.07. The highest BCUT2D eigenvalue weighted by molar-refractivity contribution is 5.68. The lowest BCUT2D eigenvalue weighted by molar-refractivity contribution is -0.0935. The maximum Gasteiger partial charge on any atom is 0.410 e. The molecular weight excluding hydrogens is 216 g/mol. The van der Waals surface area contributed by atoms with Crippen molar-refractivity contribution in [2.75, 3.05) is 27.2 Å². The molecule has 1 spiro atoms. The Morgan fingerprint density at radius 2 is 1.88 bits per heavy atom. The number of amides is 1. The Kier molecular flexibility index (Phi) is 2.89. The van der Waals surface area contributed by atoms with Crippen LogP contribution in [0.15, 0.2) is 0 Å². The van der Waals surface area contributed by atoms with Crippen LogP contribution in [-0.2, 0) is 4.74 Å². The van der Waals surface area contributed by atoms with Gasteiger partial charge in [0.05, 0.1) is 0 Å². The van der Waals surface area contributed by atoms with E-state index in [0.717, 1.165) is 12.8 Å². The Bertz CT molecular complexity index is 308. The van der Waals surface area contributed by atoms with Gasteiger partial charge in [-0.2, -0.15) is 0 Å². The summed E-state index contributed by atoms with van der Waals surface area (Å²) in [5.41, 5.74) is 0.110. The Labute approximate surface area is 104 Å². The van der Waals surface area contributed by atoms with Crippen molar-refractivity contribution in [3.05, 3.63) is 0 Å². The summed E-state index contributed by atoms with van der Waals surface area (Å²) in [5, 5.41) is 0. The lowest BCUT2D eigenvalue weighted by Crippen LogP contribution is -2.65. The molecule has 2 aliphatic rings. The number of ether oxygens (including phenoxy) is 1. The summed E-state index contributed by atoms with van der Waals surface area (Å²) in [6, 6.07) is 0.374. The molecule has 4 nitrogen and oxygen atoms in total. The van der Waals surface area contributed by atoms with Crippen LogP contribution in [0.2, 0.25) is 0 Å². The van der Waals surface area contributed by atoms with Gasteiger partial charge in [0.1, 0.15) is 5.60 Å². The molecule has 98 valence electrons. The summed E-state index contributed by atoms with van der Waals surface area (Å²) in [7, 11) is 4.00. The zero-order valence-electron chi connectivity index (χ0n) is 11.6. The van der Waals surface area contributed by atoms with E-state index in [-0.39, 0.29) is 6.09 Å². The van der Waals surface area contributed by atoms with Gasteiger partial charge in [0.2, 0.25) is 0 Å². The van der Waals surface area contributed by atoms with Crippen molar-refractivity contribution in [2.24, 2.45) is 5.41 Å². The molecule has 0 aromatic rings. The van der Waals surface area contributed by atoms with Gasteiger partial charge in [0.15, 0.2) is 0 Å². The minimum absolute atomic E-state index is 0.190. The summed E-state index contributed by atoms with van der Waals surface area (Å²) in [6.45, 7) is 8.09. The van der Waals surface area contributed by atoms with E-state index in [1.165, 1.54) is 13.1 Å². The molecule has 1 amide bonds. The number of carbonyl (C=O) groups is 1. The number of hydrogen-bond acceptors (Lipinski definition) is 3. The fraction of sp³-hybridized carbons (Fsp3) is 0.923. The fourth-order valence-corrected chi connectivity index (χ4v) is 3.05. The second-order valence-corrected chi connectivity index (χ2v) is 6.83. The second kappa shape index (κ2) is 3.87. The first kappa shape index (κ1) is 12.7. The third-order valence-electron chi connectivity index (χ3n) is 3.78. The minimum atomic E-state index is -0.399. The summed E-state index contributed by atoms with van der Waals surface area (Å²) < 4.78 is 5.37. The normalized spacial score (nSPS) is 24.1. The molecule has 1 saturated carbocycles. The van der Waals surface area contributed by atoms with Crippen LogP contribution in [0.25, 0.3) is 0 Å². The van der Waals surface area contributed by atoms with Crippen molar-refractivity contribution in [2.45, 2.75) is 45.3 Å². The summed E-state index contributed by atoms with van der Waals surface area (Å²) in [5.74, 6) is 0. The van der Waals surface area contributed by atoms with Crippen molar-refractivity contribution in [3.63, 3.8) is 0 Å². The van der Waals surface area contributed by atoms with Crippen LogP contribution < -0.4 is 0 Å². The average Bonchev–Trinajstić information content (AvgIpc) is 2.04. The van der Waals surface area contributed by atoms with Crippen LogP contribution in [0.1, 0.15) is 33.6 Å². The molecule has 0 N–H and O–H groups in total. The molecule has 2 fully saturated rings. The second-order valence-electron chi connectivity index (χ2n) is 6.83. The molecule has 0 aromatic carbocycles. The standard InChI is InChI=1S/C13H24N2O2/c1-12(2,3)17-11(16)15(5)10-6-13(7-10)8-14(4)9-13/h10H,6-9H2,1-5H3. The molecule has 0 unspecified atom stereocenters. The van der Waals surface area contributed by atoms with Crippen LogP contribution in [0, 0.1) is 5.41 Å². The predicted octanol–water partition coefficient (Wildman–Crippen LogP) is 1.95. The molecule has 4 heteroatoms. The number of carbonyl (C=O) groups excluding carboxylic acids is 1. The Balaban J connectivity index is 1.79. The quantitative estimate of drug-likeness (QED) is 0.702. The van der Waals surface area contributed by atoms with Gasteiger partial charge in [0, 0.05) is 26.2 Å². The van der Waals surface area contributed by atoms with Crippen LogP contribution in [0.3, 0.4) is 0 Å². The molecule has 1 heterocycles. The van der Waals surface area contributed by atoms with Crippen molar-refractivity contribution in [1.82, 2.24) is 9.80 Å². The number of hydrogen-bond donors (Lipinski definition) is 0. The van der Waals surface area contributed by atoms with Crippen molar-refractivity contribution in [3.8, 4) is 0 Å². The largest absolute Gasteiger partial charge is 0.444 e. The van der Waals surface area contributed by atoms with Gasteiger partial charge in [-0.3, -0.25) is 0 Å². The van der Waals surface area contributed by atoms with Gasteiger partial charge in [0.25, 0.3) is 0 Å². The molecular formula is C13H24N2O2. The lowest BCUT2D eigenvalue weighted by Gasteiger charge is -2.59. The van der Waals surface area contributed by atoms with E-state index < -0.39 is 5.60 Å². The predicted molar refractivity (Wildman–Crippen MR) is 66.9 cm³/mol. The molecule has 17 heavy (non-hydrogen) atoms. The summed E-state index contributed by atoms with van der Waals surface area (Å²) in [4.78, 5) is 16.0. The Morgan fingerprint density at radius 1 is 1.35 bits per heavy atom. The molecule has 0 radical (unpaired) electrons. The van der Waals surface area contributed by atoms with Crippen LogP contribution in [0.4, 0.5) is 4.79 Å². The maximum atomic E-state index is 11.9. The monoisotopic (exact) mass is 240 g/mol. The smallest absolute Gasteiger partial charge is 0.410 e. The van der Waals surface area contributed by atoms with Crippen molar-refractivity contribution in [1.29, 1.82) is 0 Å². The van der Waals surface area contributed by atoms with Crippen molar-refractivity contribution < 1.29 is 9.53 Å². The van der Waals surface area contributed by atoms with Crippen LogP contribution in [-0.4, -0.2) is 54.7 Å². The number of likely N-dealkylation sites (tertiary alicyclic amines) is 1. The first-order valence-electron chi connectivity index (χ1n) is 6.35. The zero-order valence-corrected chi connectivity index (χ0v) is 11.6. The van der Waals surface area contributed by atoms with Gasteiger partial charge in [-0.1, -0.05) is 0 Å². The van der Waals surface area contributed by atoms with Gasteiger partial charge in [-0.05, 0) is 46.1 Å². The zero-order chi connectivity index (χ0) is 12.8. The lowest BCUT2D eigenvalue weighted by atomic mass is 9.60. The van der Waals surface area contributed by atoms with Gasteiger partial charge in [-0.15, -0.1) is 0 Å². The molecule has 0 atom stereocenters. The molecule has 2 rings (SSSR count). The van der Waals surface area contributed by atoms with Crippen LogP contribution in [0.5, 0.6) is 0 Å². The topological polar surface area (TPSA) is 32.8 Å². The number of rotatable bonds is 1. The first-order chi connectivity index (χ1) is 7.71. The van der Waals surface area contributed by atoms with E-state index in [9.17, 15) is 4.79 Å². The average molecular weight is 240 g/mol. The van der Waals surface area contributed by atoms with E-state index in [4.69, 9.17) is 4.74 Å². The van der Waals surface area contributed by atoms with E-state index in [0.29, 0.717) is 11.5 Å². The van der Waals surface area contributed by atoms with E-state index in [1.54, 1.807) is 4.90 Å². The van der Waals surface area contributed by atoms with E-state index in [2.05, 4.69) is 11.9 Å². The Morgan fingerprint density at radius 3 is 2.29 bits per heavy atom. The molecule has 1 saturated heterocycles. The highest BCUT2D eigenvalue weighted by atomic mass is 16.6. The Hall–Kier alpha value is -0.770. The minimum Gasteiger partial charge on any atom is -0.444 e. The van der Waals surface area contributed by atoms with Gasteiger partial charge < -0.3 is 14.5 Å². The third kappa shape index (κ3) is 2.57. The van der Waals surface area contributed by atoms with Crippen LogP contribution >= 0.6 is 0 Å². The molecule has 0 bridgehead atoms. The van der Waals surface area contributed by atoms with Gasteiger partial charge in [-0.25, -0.2) is 4.79 Å². The highest BCUT2D eigenvalue weighted by Crippen LogP contribution is 2.49. The third-order valence-corrected chi connectivity index (χ3v) is 3.78. The van der Waals surface area contributed by atoms with Gasteiger partial charge >= 0.3 is 6.09 Å². The maximum absolute atomic E-state index is 11.9.